The van der Waals surface area contributed by atoms with Gasteiger partial charge < -0.3 is 9.47 Å². The highest BCUT2D eigenvalue weighted by Gasteiger charge is 2.41. The van der Waals surface area contributed by atoms with Gasteiger partial charge in [0.1, 0.15) is 10.6 Å². The van der Waals surface area contributed by atoms with Crippen molar-refractivity contribution in [2.45, 2.75) is 30.2 Å². The van der Waals surface area contributed by atoms with Crippen LogP contribution in [0, 0.1) is 5.92 Å². The van der Waals surface area contributed by atoms with Crippen molar-refractivity contribution in [2.75, 3.05) is 6.54 Å². The van der Waals surface area contributed by atoms with Gasteiger partial charge in [0.2, 0.25) is 0 Å². The molecule has 2 heterocycles. The van der Waals surface area contributed by atoms with Gasteiger partial charge in [-0.15, -0.1) is 0 Å². The largest absolute Gasteiger partial charge is 0.345 e. The average molecular weight is 303 g/mol. The molecular weight excluding hydrogens is 288 g/mol. The van der Waals surface area contributed by atoms with Crippen molar-refractivity contribution in [3.8, 4) is 0 Å². The molecule has 1 aliphatic carbocycles. The maximum absolute atomic E-state index is 12.5. The summed E-state index contributed by atoms with van der Waals surface area (Å²) in [5.74, 6) is 0.520. The number of hydrogen-bond donors (Lipinski definition) is 0. The maximum atomic E-state index is 12.5. The summed E-state index contributed by atoms with van der Waals surface area (Å²) in [4.78, 5) is 14.3. The zero-order valence-electron chi connectivity index (χ0n) is 10.5. The molecule has 104 valence electrons. The molecule has 5 nitrogen and oxygen atoms in total. The van der Waals surface area contributed by atoms with Crippen molar-refractivity contribution in [2.24, 2.45) is 13.0 Å². The van der Waals surface area contributed by atoms with Crippen molar-refractivity contribution in [3.05, 3.63) is 18.0 Å². The Bertz CT molecular complexity index is 637. The third-order valence-electron chi connectivity index (χ3n) is 4.15. The van der Waals surface area contributed by atoms with E-state index in [1.54, 1.807) is 7.05 Å². The molecule has 2 bridgehead atoms. The summed E-state index contributed by atoms with van der Waals surface area (Å²) < 4.78 is 24.1. The molecule has 0 aromatic carbocycles. The normalized spacial score (nSPS) is 26.1. The van der Waals surface area contributed by atoms with Crippen molar-refractivity contribution in [1.82, 2.24) is 9.47 Å². The zero-order chi connectivity index (χ0) is 13.8. The first kappa shape index (κ1) is 13.0. The predicted octanol–water partition coefficient (Wildman–Crippen LogP) is 1.58. The van der Waals surface area contributed by atoms with E-state index >= 15 is 0 Å². The zero-order valence-corrected chi connectivity index (χ0v) is 12.1. The average Bonchev–Trinajstić information content (AvgIpc) is 3.00. The summed E-state index contributed by atoms with van der Waals surface area (Å²) in [6, 6.07) is 1.68. The van der Waals surface area contributed by atoms with Crippen LogP contribution in [0.1, 0.15) is 29.8 Å². The van der Waals surface area contributed by atoms with E-state index < -0.39 is 9.05 Å². The second-order valence-electron chi connectivity index (χ2n) is 5.40. The van der Waals surface area contributed by atoms with Crippen molar-refractivity contribution in [3.63, 3.8) is 0 Å². The molecule has 19 heavy (non-hydrogen) atoms. The Morgan fingerprint density at radius 3 is 2.63 bits per heavy atom. The molecule has 1 aromatic heterocycles. The number of rotatable bonds is 2. The molecule has 7 heteroatoms. The number of aromatic nitrogens is 1. The fraction of sp³-hybridized carbons (Fsp3) is 0.583. The van der Waals surface area contributed by atoms with E-state index in [0.29, 0.717) is 17.7 Å². The molecule has 0 spiro atoms. The van der Waals surface area contributed by atoms with E-state index in [-0.39, 0.29) is 10.8 Å². The van der Waals surface area contributed by atoms with Crippen LogP contribution in [-0.4, -0.2) is 36.4 Å². The number of halogens is 1. The first-order valence-electron chi connectivity index (χ1n) is 6.28. The molecule has 2 aliphatic rings. The van der Waals surface area contributed by atoms with Gasteiger partial charge in [0.25, 0.3) is 15.0 Å². The van der Waals surface area contributed by atoms with E-state index in [1.807, 2.05) is 4.90 Å². The predicted molar refractivity (Wildman–Crippen MR) is 70.6 cm³/mol. The van der Waals surface area contributed by atoms with Gasteiger partial charge in [-0.2, -0.15) is 0 Å². The lowest BCUT2D eigenvalue weighted by Crippen LogP contribution is -2.38. The Morgan fingerprint density at radius 2 is 2.16 bits per heavy atom. The summed E-state index contributed by atoms with van der Waals surface area (Å²) in [5, 5.41) is 0. The van der Waals surface area contributed by atoms with Gasteiger partial charge in [0, 0.05) is 36.5 Å². The van der Waals surface area contributed by atoms with Crippen molar-refractivity contribution >= 4 is 25.6 Å². The first-order valence-corrected chi connectivity index (χ1v) is 8.59. The molecule has 1 saturated carbocycles. The van der Waals surface area contributed by atoms with Crippen LogP contribution in [0.5, 0.6) is 0 Å². The van der Waals surface area contributed by atoms with Crippen LogP contribution in [0.15, 0.2) is 17.2 Å². The minimum absolute atomic E-state index is 0.0237. The Balaban J connectivity index is 1.90. The highest BCUT2D eigenvalue weighted by Crippen LogP contribution is 2.38. The molecule has 0 N–H and O–H groups in total. The third-order valence-corrected chi connectivity index (χ3v) is 5.47. The lowest BCUT2D eigenvalue weighted by molar-refractivity contribution is 0.0694. The smallest absolute Gasteiger partial charge is 0.270 e. The van der Waals surface area contributed by atoms with E-state index in [4.69, 9.17) is 10.7 Å². The quantitative estimate of drug-likeness (QED) is 0.779. The molecule has 1 saturated heterocycles. The summed E-state index contributed by atoms with van der Waals surface area (Å²) >= 11 is 0. The minimum Gasteiger partial charge on any atom is -0.345 e. The molecular formula is C12H15ClN2O3S. The molecule has 1 amide bonds. The minimum atomic E-state index is -3.79. The number of amides is 1. The lowest BCUT2D eigenvalue weighted by atomic mass is 10.1. The van der Waals surface area contributed by atoms with Gasteiger partial charge in [-0.1, -0.05) is 0 Å². The van der Waals surface area contributed by atoms with Crippen LogP contribution < -0.4 is 0 Å². The molecule has 1 aromatic rings. The van der Waals surface area contributed by atoms with E-state index in [2.05, 4.69) is 0 Å². The van der Waals surface area contributed by atoms with Gasteiger partial charge in [-0.3, -0.25) is 4.79 Å². The van der Waals surface area contributed by atoms with Crippen molar-refractivity contribution in [1.29, 1.82) is 0 Å². The fourth-order valence-electron chi connectivity index (χ4n) is 3.20. The number of piperidine rings is 1. The van der Waals surface area contributed by atoms with Gasteiger partial charge in [-0.05, 0) is 31.2 Å². The standard InChI is InChI=1S/C12H15ClN2O3S/c1-14-7-10(19(13,17)18)5-11(14)12(16)15-6-8-2-3-9(15)4-8/h5,7-9H,2-4,6H2,1H3. The Labute approximate surface area is 116 Å². The van der Waals surface area contributed by atoms with Crippen LogP contribution in [0.4, 0.5) is 0 Å². The van der Waals surface area contributed by atoms with Crippen LogP contribution >= 0.6 is 10.7 Å². The van der Waals surface area contributed by atoms with Crippen LogP contribution in [0.2, 0.25) is 0 Å². The van der Waals surface area contributed by atoms with Crippen LogP contribution in [-0.2, 0) is 16.1 Å². The molecule has 3 rings (SSSR count). The second kappa shape index (κ2) is 4.24. The fourth-order valence-corrected chi connectivity index (χ4v) is 3.99. The highest BCUT2D eigenvalue weighted by molar-refractivity contribution is 8.13. The Morgan fingerprint density at radius 1 is 1.42 bits per heavy atom. The van der Waals surface area contributed by atoms with Crippen LogP contribution in [0.25, 0.3) is 0 Å². The van der Waals surface area contributed by atoms with Gasteiger partial charge >= 0.3 is 0 Å². The van der Waals surface area contributed by atoms with Gasteiger partial charge in [-0.25, -0.2) is 8.42 Å². The van der Waals surface area contributed by atoms with E-state index in [9.17, 15) is 13.2 Å². The number of carbonyl (C=O) groups is 1. The van der Waals surface area contributed by atoms with Crippen molar-refractivity contribution < 1.29 is 13.2 Å². The number of carbonyl (C=O) groups excluding carboxylic acids is 1. The van der Waals surface area contributed by atoms with Crippen LogP contribution in [0.3, 0.4) is 0 Å². The second-order valence-corrected chi connectivity index (χ2v) is 7.97. The third kappa shape index (κ3) is 2.17. The SMILES string of the molecule is Cn1cc(S(=O)(=O)Cl)cc1C(=O)N1CC2CCC1C2. The lowest BCUT2D eigenvalue weighted by Gasteiger charge is -2.27. The number of likely N-dealkylation sites (tertiary alicyclic amines) is 1. The number of aryl methyl sites for hydroxylation is 1. The summed E-state index contributed by atoms with van der Waals surface area (Å²) in [5.41, 5.74) is 0.381. The molecule has 1 aliphatic heterocycles. The van der Waals surface area contributed by atoms with E-state index in [0.717, 1.165) is 19.4 Å². The van der Waals surface area contributed by atoms with Gasteiger partial charge in [0.15, 0.2) is 0 Å². The molecule has 0 radical (unpaired) electrons. The Kier molecular flexibility index (Phi) is 2.90. The Hall–Kier alpha value is -1.01. The number of hydrogen-bond acceptors (Lipinski definition) is 3. The molecule has 2 fully saturated rings. The molecule has 2 atom stereocenters. The monoisotopic (exact) mass is 302 g/mol. The number of fused-ring (bicyclic) bond motifs is 2. The summed E-state index contributed by atoms with van der Waals surface area (Å²) in [6.07, 6.45) is 4.71. The maximum Gasteiger partial charge on any atom is 0.270 e. The first-order chi connectivity index (χ1) is 8.86. The molecule has 2 unspecified atom stereocenters. The summed E-state index contributed by atoms with van der Waals surface area (Å²) in [6.45, 7) is 0.789. The van der Waals surface area contributed by atoms with E-state index in [1.165, 1.54) is 23.3 Å². The van der Waals surface area contributed by atoms with Gasteiger partial charge in [0.05, 0.1) is 0 Å². The topological polar surface area (TPSA) is 59.4 Å². The highest BCUT2D eigenvalue weighted by atomic mass is 35.7. The summed E-state index contributed by atoms with van der Waals surface area (Å²) in [7, 11) is 3.17. The number of nitrogens with zero attached hydrogens (tertiary/aromatic N) is 2.